The molecule has 0 unspecified atom stereocenters. The molecule has 1 radical (unpaired) electrons. The zero-order valence-electron chi connectivity index (χ0n) is 21.7. The number of pyridine rings is 3. The van der Waals surface area contributed by atoms with Gasteiger partial charge in [0, 0.05) is 52.4 Å². The van der Waals surface area contributed by atoms with Crippen molar-refractivity contribution in [3.05, 3.63) is 127 Å². The van der Waals surface area contributed by atoms with Crippen LogP contribution in [-0.4, -0.2) is 16.6 Å². The third kappa shape index (κ3) is 5.69. The molecule has 5 aromatic rings. The van der Waals surface area contributed by atoms with Gasteiger partial charge in [-0.25, -0.2) is 4.57 Å². The molecule has 4 nitrogen and oxygen atoms in total. The first kappa shape index (κ1) is 24.6. The Hall–Kier alpha value is -4.05. The van der Waals surface area contributed by atoms with Crippen LogP contribution in [0.3, 0.4) is 0 Å². The Morgan fingerprint density at radius 3 is 2.68 bits per heavy atom. The summed E-state index contributed by atoms with van der Waals surface area (Å²) in [5.41, 5.74) is 8.35. The van der Waals surface area contributed by atoms with Crippen molar-refractivity contribution in [1.82, 2.24) is 9.97 Å². The molecule has 4 heteroatoms. The molecule has 0 amide bonds. The first-order valence-corrected chi connectivity index (χ1v) is 13.0. The summed E-state index contributed by atoms with van der Waals surface area (Å²) < 4.78 is 8.54. The number of benzene rings is 2. The molecule has 3 aromatic heterocycles. The van der Waals surface area contributed by atoms with Crippen LogP contribution >= 0.6 is 0 Å². The van der Waals surface area contributed by atoms with Crippen LogP contribution in [0, 0.1) is 13.8 Å². The van der Waals surface area contributed by atoms with E-state index < -0.39 is 0 Å². The average molecular weight is 488 g/mol. The fourth-order valence-corrected chi connectivity index (χ4v) is 4.89. The Kier molecular flexibility index (Phi) is 7.55. The molecular weight excluding hydrogens is 454 g/mol. The van der Waals surface area contributed by atoms with Crippen molar-refractivity contribution >= 4 is 10.8 Å². The van der Waals surface area contributed by atoms with Gasteiger partial charge in [0.15, 0.2) is 18.9 Å². The first-order valence-electron chi connectivity index (χ1n) is 13.0. The normalized spacial score (nSPS) is 11.1. The Morgan fingerprint density at radius 2 is 1.84 bits per heavy atom. The second-order valence-corrected chi connectivity index (χ2v) is 9.47. The maximum absolute atomic E-state index is 6.33. The quantitative estimate of drug-likeness (QED) is 0.172. The maximum Gasteiger partial charge on any atom is 0.173 e. The summed E-state index contributed by atoms with van der Waals surface area (Å²) in [6.07, 6.45) is 12.6. The number of ether oxygens (including phenoxy) is 1. The molecule has 0 aliphatic rings. The number of fused-ring (bicyclic) bond motifs is 1. The number of aromatic nitrogens is 3. The Bertz CT molecular complexity index is 1510. The van der Waals surface area contributed by atoms with E-state index in [2.05, 4.69) is 96.2 Å². The first-order chi connectivity index (χ1) is 18.1. The van der Waals surface area contributed by atoms with Gasteiger partial charge in [0.1, 0.15) is 5.75 Å². The van der Waals surface area contributed by atoms with Gasteiger partial charge in [0.2, 0.25) is 0 Å². The lowest BCUT2D eigenvalue weighted by Crippen LogP contribution is -2.34. The Balaban J connectivity index is 1.29. The number of nitrogens with zero attached hydrogens (tertiary/aromatic N) is 3. The number of hydrogen-bond donors (Lipinski definition) is 0. The summed E-state index contributed by atoms with van der Waals surface area (Å²) in [4.78, 5) is 8.73. The van der Waals surface area contributed by atoms with Crippen molar-refractivity contribution < 1.29 is 9.30 Å². The summed E-state index contributed by atoms with van der Waals surface area (Å²) in [6, 6.07) is 21.2. The smallest absolute Gasteiger partial charge is 0.173 e. The molecule has 0 aliphatic heterocycles. The molecule has 0 N–H and O–H groups in total. The fourth-order valence-electron chi connectivity index (χ4n) is 4.89. The van der Waals surface area contributed by atoms with E-state index in [-0.39, 0.29) is 0 Å². The maximum atomic E-state index is 6.33. The summed E-state index contributed by atoms with van der Waals surface area (Å²) in [6.45, 7) is 10.0. The molecule has 37 heavy (non-hydrogen) atoms. The molecule has 0 aliphatic carbocycles. The monoisotopic (exact) mass is 487 g/mol. The van der Waals surface area contributed by atoms with Crippen molar-refractivity contribution in [3.63, 3.8) is 0 Å². The highest BCUT2D eigenvalue weighted by Crippen LogP contribution is 2.33. The van der Waals surface area contributed by atoms with E-state index in [4.69, 9.17) is 4.74 Å². The van der Waals surface area contributed by atoms with Crippen LogP contribution in [0.2, 0.25) is 0 Å². The molecule has 0 atom stereocenters. The van der Waals surface area contributed by atoms with Gasteiger partial charge in [-0.3, -0.25) is 9.97 Å². The van der Waals surface area contributed by atoms with Gasteiger partial charge in [0.05, 0.1) is 6.61 Å². The predicted octanol–water partition coefficient (Wildman–Crippen LogP) is 6.70. The molecule has 185 valence electrons. The minimum absolute atomic E-state index is 0.647. The summed E-state index contributed by atoms with van der Waals surface area (Å²) in [5, 5.41) is 2.32. The van der Waals surface area contributed by atoms with Crippen LogP contribution in [0.4, 0.5) is 0 Å². The number of rotatable bonds is 9. The van der Waals surface area contributed by atoms with Gasteiger partial charge in [-0.05, 0) is 85.5 Å². The summed E-state index contributed by atoms with van der Waals surface area (Å²) in [7, 11) is 0. The van der Waals surface area contributed by atoms with E-state index >= 15 is 0 Å². The van der Waals surface area contributed by atoms with E-state index in [9.17, 15) is 0 Å². The summed E-state index contributed by atoms with van der Waals surface area (Å²) in [5.74, 6) is 0.926. The SMILES string of the molecule is [CH2]c1cc[n+](Cc2ccncc2)cc1CCCOc1cccc2ccc(-c3c(C)ccnc3CC)cc12. The second-order valence-electron chi connectivity index (χ2n) is 9.47. The zero-order chi connectivity index (χ0) is 25.6. The number of hydrogen-bond acceptors (Lipinski definition) is 3. The fraction of sp³-hybridized carbons (Fsp3) is 0.212. The minimum atomic E-state index is 0.647. The highest BCUT2D eigenvalue weighted by atomic mass is 16.5. The van der Waals surface area contributed by atoms with Crippen molar-refractivity contribution in [2.24, 2.45) is 0 Å². The molecule has 3 heterocycles. The molecule has 0 spiro atoms. The molecule has 0 saturated carbocycles. The largest absolute Gasteiger partial charge is 0.493 e. The predicted molar refractivity (Wildman–Crippen MR) is 150 cm³/mol. The lowest BCUT2D eigenvalue weighted by Gasteiger charge is -2.14. The molecule has 0 saturated heterocycles. The molecule has 2 aromatic carbocycles. The van der Waals surface area contributed by atoms with Crippen LogP contribution in [0.1, 0.15) is 41.3 Å². The summed E-state index contributed by atoms with van der Waals surface area (Å²) >= 11 is 0. The second kappa shape index (κ2) is 11.3. The van der Waals surface area contributed by atoms with Crippen molar-refractivity contribution in [3.8, 4) is 16.9 Å². The van der Waals surface area contributed by atoms with E-state index in [1.165, 1.54) is 33.2 Å². The molecule has 0 bridgehead atoms. The van der Waals surface area contributed by atoms with Crippen LogP contribution in [0.25, 0.3) is 21.9 Å². The van der Waals surface area contributed by atoms with Crippen molar-refractivity contribution in [2.75, 3.05) is 6.61 Å². The van der Waals surface area contributed by atoms with E-state index in [0.29, 0.717) is 6.61 Å². The number of aryl methyl sites for hydroxylation is 3. The van der Waals surface area contributed by atoms with Crippen molar-refractivity contribution in [1.29, 1.82) is 0 Å². The molecule has 5 rings (SSSR count). The third-order valence-corrected chi connectivity index (χ3v) is 6.87. The molecular formula is C33H33N3O+. The van der Waals surface area contributed by atoms with Gasteiger partial charge >= 0.3 is 0 Å². The van der Waals surface area contributed by atoms with E-state index in [0.717, 1.165) is 48.2 Å². The van der Waals surface area contributed by atoms with Crippen molar-refractivity contribution in [2.45, 2.75) is 39.7 Å². The van der Waals surface area contributed by atoms with Crippen LogP contribution in [0.5, 0.6) is 5.75 Å². The Labute approximate surface area is 219 Å². The lowest BCUT2D eigenvalue weighted by atomic mass is 9.95. The molecule has 0 fully saturated rings. The average Bonchev–Trinajstić information content (AvgIpc) is 2.93. The van der Waals surface area contributed by atoms with Gasteiger partial charge in [-0.15, -0.1) is 0 Å². The van der Waals surface area contributed by atoms with Crippen LogP contribution in [0.15, 0.2) is 91.6 Å². The standard InChI is InChI=1S/C33H33N3O/c1-4-31-33(25(3)12-18-35-31)28-11-10-27-7-5-9-32(30(27)21-28)37-20-6-8-29-23-36(19-15-24(29)2)22-26-13-16-34-17-14-26/h5,7,9-19,21,23H,2,4,6,8,20,22H2,1,3H3/q+1. The lowest BCUT2D eigenvalue weighted by molar-refractivity contribution is -0.688. The topological polar surface area (TPSA) is 38.9 Å². The van der Waals surface area contributed by atoms with Gasteiger partial charge in [-0.1, -0.05) is 31.2 Å². The van der Waals surface area contributed by atoms with Crippen LogP contribution in [-0.2, 0) is 19.4 Å². The highest BCUT2D eigenvalue weighted by molar-refractivity contribution is 5.92. The highest BCUT2D eigenvalue weighted by Gasteiger charge is 2.12. The minimum Gasteiger partial charge on any atom is -0.493 e. The van der Waals surface area contributed by atoms with Gasteiger partial charge < -0.3 is 4.74 Å². The van der Waals surface area contributed by atoms with Gasteiger partial charge in [-0.2, -0.15) is 0 Å². The van der Waals surface area contributed by atoms with E-state index in [1.807, 2.05) is 30.7 Å². The van der Waals surface area contributed by atoms with Gasteiger partial charge in [0.25, 0.3) is 0 Å². The van der Waals surface area contributed by atoms with Crippen LogP contribution < -0.4 is 9.30 Å². The Morgan fingerprint density at radius 1 is 0.973 bits per heavy atom. The zero-order valence-corrected chi connectivity index (χ0v) is 21.7. The third-order valence-electron chi connectivity index (χ3n) is 6.87. The van der Waals surface area contributed by atoms with E-state index in [1.54, 1.807) is 0 Å².